The zero-order valence-electron chi connectivity index (χ0n) is 12.9. The Morgan fingerprint density at radius 2 is 1.86 bits per heavy atom. The van der Waals surface area contributed by atoms with Crippen molar-refractivity contribution in [2.45, 2.75) is 32.1 Å². The first kappa shape index (κ1) is 13.8. The maximum atomic E-state index is 2.35. The molecule has 0 saturated heterocycles. The summed E-state index contributed by atoms with van der Waals surface area (Å²) < 4.78 is 0. The second kappa shape index (κ2) is 5.73. The quantitative estimate of drug-likeness (QED) is 0.584. The Morgan fingerprint density at radius 1 is 0.955 bits per heavy atom. The van der Waals surface area contributed by atoms with Crippen molar-refractivity contribution >= 4 is 11.3 Å². The molecule has 4 rings (SSSR count). The van der Waals surface area contributed by atoms with Crippen molar-refractivity contribution in [3.63, 3.8) is 0 Å². The van der Waals surface area contributed by atoms with Gasteiger partial charge in [-0.15, -0.1) is 11.3 Å². The van der Waals surface area contributed by atoms with E-state index in [1.165, 1.54) is 35.1 Å². The van der Waals surface area contributed by atoms with Gasteiger partial charge in [-0.3, -0.25) is 0 Å². The Bertz CT molecular complexity index is 797. The summed E-state index contributed by atoms with van der Waals surface area (Å²) >= 11 is 1.93. The van der Waals surface area contributed by atoms with Crippen LogP contribution in [0.5, 0.6) is 0 Å². The lowest BCUT2D eigenvalue weighted by Crippen LogP contribution is -2.06. The van der Waals surface area contributed by atoms with Crippen LogP contribution in [-0.2, 0) is 19.3 Å². The molecule has 22 heavy (non-hydrogen) atoms. The fourth-order valence-corrected chi connectivity index (χ4v) is 4.62. The molecule has 0 bridgehead atoms. The van der Waals surface area contributed by atoms with Crippen LogP contribution in [0.3, 0.4) is 0 Å². The molecule has 1 heteroatoms. The van der Waals surface area contributed by atoms with E-state index in [1.54, 1.807) is 10.4 Å². The summed E-state index contributed by atoms with van der Waals surface area (Å²) in [6, 6.07) is 20.3. The van der Waals surface area contributed by atoms with E-state index >= 15 is 0 Å². The van der Waals surface area contributed by atoms with Gasteiger partial charge < -0.3 is 0 Å². The molecule has 0 aliphatic heterocycles. The van der Waals surface area contributed by atoms with Crippen LogP contribution in [0, 0.1) is 6.92 Å². The van der Waals surface area contributed by atoms with Gasteiger partial charge in [0.2, 0.25) is 0 Å². The average Bonchev–Trinajstić information content (AvgIpc) is 2.94. The Labute approximate surface area is 136 Å². The maximum Gasteiger partial charge on any atom is 0.0143 e. The third-order valence-corrected chi connectivity index (χ3v) is 5.73. The molecular formula is C21H20S. The molecule has 0 spiro atoms. The molecule has 110 valence electrons. The van der Waals surface area contributed by atoms with Crippen LogP contribution in [0.1, 0.15) is 38.6 Å². The molecule has 2 aromatic carbocycles. The first-order valence-electron chi connectivity index (χ1n) is 8.01. The van der Waals surface area contributed by atoms with E-state index < -0.39 is 0 Å². The summed E-state index contributed by atoms with van der Waals surface area (Å²) in [5.74, 6) is 0.502. The molecule has 0 fully saturated rings. The van der Waals surface area contributed by atoms with E-state index in [0.717, 1.165) is 6.42 Å². The topological polar surface area (TPSA) is 0 Å². The van der Waals surface area contributed by atoms with E-state index in [4.69, 9.17) is 0 Å². The number of rotatable bonds is 2. The third kappa shape index (κ3) is 2.50. The van der Waals surface area contributed by atoms with Gasteiger partial charge in [0.15, 0.2) is 0 Å². The molecule has 0 radical (unpaired) electrons. The van der Waals surface area contributed by atoms with Gasteiger partial charge in [-0.05, 0) is 59.9 Å². The Balaban J connectivity index is 1.81. The van der Waals surface area contributed by atoms with Crippen molar-refractivity contribution in [1.29, 1.82) is 0 Å². The minimum atomic E-state index is 0.502. The standard InChI is InChI=1S/C21H20S/c1-15-5-4-6-16(13-15)14-20-18-8-3-2-7-17(18)9-10-21-19(20)11-12-22-21/h2-8,11-13,20H,9-10,14H2,1H3. The summed E-state index contributed by atoms with van der Waals surface area (Å²) in [6.45, 7) is 2.18. The lowest BCUT2D eigenvalue weighted by Gasteiger charge is -2.19. The Kier molecular flexibility index (Phi) is 3.59. The summed E-state index contributed by atoms with van der Waals surface area (Å²) in [6.07, 6.45) is 3.46. The van der Waals surface area contributed by atoms with Crippen molar-refractivity contribution in [1.82, 2.24) is 0 Å². The van der Waals surface area contributed by atoms with E-state index in [-0.39, 0.29) is 0 Å². The number of hydrogen-bond donors (Lipinski definition) is 0. The number of hydrogen-bond acceptors (Lipinski definition) is 1. The van der Waals surface area contributed by atoms with Gasteiger partial charge in [-0.2, -0.15) is 0 Å². The predicted molar refractivity (Wildman–Crippen MR) is 94.9 cm³/mol. The van der Waals surface area contributed by atoms with E-state index in [0.29, 0.717) is 5.92 Å². The largest absolute Gasteiger partial charge is 0.149 e. The lowest BCUT2D eigenvalue weighted by atomic mass is 9.85. The van der Waals surface area contributed by atoms with Gasteiger partial charge in [0, 0.05) is 10.8 Å². The van der Waals surface area contributed by atoms with Crippen LogP contribution < -0.4 is 0 Å². The van der Waals surface area contributed by atoms with Crippen LogP contribution in [0.2, 0.25) is 0 Å². The van der Waals surface area contributed by atoms with Crippen molar-refractivity contribution in [3.05, 3.63) is 92.7 Å². The van der Waals surface area contributed by atoms with Gasteiger partial charge >= 0.3 is 0 Å². The molecule has 0 N–H and O–H groups in total. The van der Waals surface area contributed by atoms with Crippen molar-refractivity contribution < 1.29 is 0 Å². The van der Waals surface area contributed by atoms with Gasteiger partial charge in [0.1, 0.15) is 0 Å². The third-order valence-electron chi connectivity index (χ3n) is 4.73. The Morgan fingerprint density at radius 3 is 2.77 bits per heavy atom. The second-order valence-electron chi connectivity index (χ2n) is 6.24. The zero-order valence-corrected chi connectivity index (χ0v) is 13.7. The number of aryl methyl sites for hydroxylation is 3. The van der Waals surface area contributed by atoms with Gasteiger partial charge in [-0.1, -0.05) is 54.1 Å². The summed E-state index contributed by atoms with van der Waals surface area (Å²) in [7, 11) is 0. The molecule has 0 saturated carbocycles. The molecule has 1 atom stereocenters. The highest BCUT2D eigenvalue weighted by Gasteiger charge is 2.24. The van der Waals surface area contributed by atoms with Crippen LogP contribution in [-0.4, -0.2) is 0 Å². The van der Waals surface area contributed by atoms with Crippen LogP contribution in [0.15, 0.2) is 60.0 Å². The van der Waals surface area contributed by atoms with Crippen molar-refractivity contribution in [2.24, 2.45) is 0 Å². The van der Waals surface area contributed by atoms with Crippen molar-refractivity contribution in [2.75, 3.05) is 0 Å². The molecule has 1 aliphatic carbocycles. The van der Waals surface area contributed by atoms with Crippen LogP contribution in [0.25, 0.3) is 0 Å². The molecule has 0 nitrogen and oxygen atoms in total. The molecule has 3 aromatic rings. The summed E-state index contributed by atoms with van der Waals surface area (Å²) in [4.78, 5) is 1.58. The molecule has 1 unspecified atom stereocenters. The minimum absolute atomic E-state index is 0.502. The average molecular weight is 304 g/mol. The summed E-state index contributed by atoms with van der Waals surface area (Å²) in [5, 5.41) is 2.27. The molecule has 1 heterocycles. The first-order chi connectivity index (χ1) is 10.8. The van der Waals surface area contributed by atoms with Gasteiger partial charge in [-0.25, -0.2) is 0 Å². The van der Waals surface area contributed by atoms with Gasteiger partial charge in [0.05, 0.1) is 0 Å². The highest BCUT2D eigenvalue weighted by molar-refractivity contribution is 7.10. The van der Waals surface area contributed by atoms with Crippen LogP contribution in [0.4, 0.5) is 0 Å². The zero-order chi connectivity index (χ0) is 14.9. The highest BCUT2D eigenvalue weighted by Crippen LogP contribution is 2.38. The molecule has 1 aromatic heterocycles. The monoisotopic (exact) mass is 304 g/mol. The SMILES string of the molecule is Cc1cccc(CC2c3ccccc3CCc3sccc32)c1. The normalized spacial score (nSPS) is 16.7. The van der Waals surface area contributed by atoms with Crippen molar-refractivity contribution in [3.8, 4) is 0 Å². The number of thiophene rings is 1. The number of fused-ring (bicyclic) bond motifs is 2. The van der Waals surface area contributed by atoms with E-state index in [9.17, 15) is 0 Å². The smallest absolute Gasteiger partial charge is 0.0143 e. The maximum absolute atomic E-state index is 2.35. The fraction of sp³-hybridized carbons (Fsp3) is 0.238. The highest BCUT2D eigenvalue weighted by atomic mass is 32.1. The van der Waals surface area contributed by atoms with E-state index in [2.05, 4.69) is 66.9 Å². The molecule has 1 aliphatic rings. The second-order valence-corrected chi connectivity index (χ2v) is 7.24. The lowest BCUT2D eigenvalue weighted by molar-refractivity contribution is 0.803. The van der Waals surface area contributed by atoms with E-state index in [1.807, 2.05) is 11.3 Å². The van der Waals surface area contributed by atoms with Gasteiger partial charge in [0.25, 0.3) is 0 Å². The fourth-order valence-electron chi connectivity index (χ4n) is 3.68. The predicted octanol–water partition coefficient (Wildman–Crippen LogP) is 5.53. The van der Waals surface area contributed by atoms with Crippen LogP contribution >= 0.6 is 11.3 Å². The Hall–Kier alpha value is -1.86. The first-order valence-corrected chi connectivity index (χ1v) is 8.89. The minimum Gasteiger partial charge on any atom is -0.149 e. The number of benzene rings is 2. The molecular weight excluding hydrogens is 284 g/mol. The molecule has 0 amide bonds. The summed E-state index contributed by atoms with van der Waals surface area (Å²) in [5.41, 5.74) is 7.41.